The molecule has 1 unspecified atom stereocenters. The first-order valence-corrected chi connectivity index (χ1v) is 7.76. The molecule has 0 saturated carbocycles. The molecule has 6 heteroatoms. The summed E-state index contributed by atoms with van der Waals surface area (Å²) in [6, 6.07) is 5.16. The van der Waals surface area contributed by atoms with Crippen molar-refractivity contribution in [1.82, 2.24) is 5.32 Å². The van der Waals surface area contributed by atoms with E-state index in [-0.39, 0.29) is 0 Å². The van der Waals surface area contributed by atoms with Gasteiger partial charge in [-0.3, -0.25) is 4.21 Å². The molecule has 0 amide bonds. The van der Waals surface area contributed by atoms with Crippen LogP contribution < -0.4 is 5.32 Å². The second kappa shape index (κ2) is 8.88. The van der Waals surface area contributed by atoms with E-state index in [4.69, 9.17) is 27.9 Å². The van der Waals surface area contributed by atoms with Gasteiger partial charge in [0.2, 0.25) is 0 Å². The summed E-state index contributed by atoms with van der Waals surface area (Å²) in [7, 11) is 0.514. The SMILES string of the molecule is COCCNCCCS(=O)c1c(Cl)cccc1Cl. The molecule has 1 aromatic carbocycles. The van der Waals surface area contributed by atoms with Crippen LogP contribution in [0.1, 0.15) is 6.42 Å². The first-order chi connectivity index (χ1) is 8.66. The minimum atomic E-state index is -1.15. The van der Waals surface area contributed by atoms with E-state index in [1.165, 1.54) is 0 Å². The van der Waals surface area contributed by atoms with E-state index < -0.39 is 10.8 Å². The van der Waals surface area contributed by atoms with Crippen molar-refractivity contribution in [2.75, 3.05) is 32.6 Å². The van der Waals surface area contributed by atoms with Crippen molar-refractivity contribution < 1.29 is 8.95 Å². The number of rotatable bonds is 8. The molecule has 0 spiro atoms. The van der Waals surface area contributed by atoms with Gasteiger partial charge in [0.25, 0.3) is 0 Å². The van der Waals surface area contributed by atoms with E-state index in [9.17, 15) is 4.21 Å². The largest absolute Gasteiger partial charge is 0.383 e. The molecule has 0 aliphatic heterocycles. The van der Waals surface area contributed by atoms with Crippen molar-refractivity contribution >= 4 is 34.0 Å². The number of hydrogen-bond acceptors (Lipinski definition) is 3. The minimum Gasteiger partial charge on any atom is -0.383 e. The summed E-state index contributed by atoms with van der Waals surface area (Å²) in [6.07, 6.45) is 0.803. The lowest BCUT2D eigenvalue weighted by atomic mass is 10.4. The molecule has 0 heterocycles. The van der Waals surface area contributed by atoms with Crippen LogP contribution in [0.25, 0.3) is 0 Å². The highest BCUT2D eigenvalue weighted by Gasteiger charge is 2.12. The molecule has 1 N–H and O–H groups in total. The van der Waals surface area contributed by atoms with Crippen LogP contribution in [0.2, 0.25) is 10.0 Å². The fraction of sp³-hybridized carbons (Fsp3) is 0.500. The van der Waals surface area contributed by atoms with Crippen LogP contribution in [0.3, 0.4) is 0 Å². The smallest absolute Gasteiger partial charge is 0.0760 e. The number of hydrogen-bond donors (Lipinski definition) is 1. The van der Waals surface area contributed by atoms with Gasteiger partial charge in [0.1, 0.15) is 0 Å². The Morgan fingerprint density at radius 1 is 1.28 bits per heavy atom. The van der Waals surface area contributed by atoms with Crippen LogP contribution >= 0.6 is 23.2 Å². The van der Waals surface area contributed by atoms with Crippen LogP contribution in [0.15, 0.2) is 23.1 Å². The molecule has 1 atom stereocenters. The van der Waals surface area contributed by atoms with E-state index in [1.807, 2.05) is 0 Å². The fourth-order valence-electron chi connectivity index (χ4n) is 1.43. The molecular weight excluding hydrogens is 293 g/mol. The average Bonchev–Trinajstić information content (AvgIpc) is 2.33. The van der Waals surface area contributed by atoms with Crippen molar-refractivity contribution in [3.05, 3.63) is 28.2 Å². The van der Waals surface area contributed by atoms with Gasteiger partial charge in [-0.2, -0.15) is 0 Å². The third-order valence-electron chi connectivity index (χ3n) is 2.31. The van der Waals surface area contributed by atoms with E-state index >= 15 is 0 Å². The predicted molar refractivity (Wildman–Crippen MR) is 77.1 cm³/mol. The van der Waals surface area contributed by atoms with Crippen molar-refractivity contribution in [1.29, 1.82) is 0 Å². The Hall–Kier alpha value is -0.130. The maximum atomic E-state index is 12.1. The number of halogens is 2. The third kappa shape index (κ3) is 5.24. The van der Waals surface area contributed by atoms with Gasteiger partial charge < -0.3 is 10.1 Å². The summed E-state index contributed by atoms with van der Waals surface area (Å²) in [5.74, 6) is 0.545. The number of nitrogens with one attached hydrogen (secondary N) is 1. The quantitative estimate of drug-likeness (QED) is 0.750. The zero-order chi connectivity index (χ0) is 13.4. The van der Waals surface area contributed by atoms with Gasteiger partial charge in [0.05, 0.1) is 32.3 Å². The monoisotopic (exact) mass is 309 g/mol. The lowest BCUT2D eigenvalue weighted by Gasteiger charge is -2.07. The minimum absolute atomic E-state index is 0.466. The van der Waals surface area contributed by atoms with Crippen LogP contribution in [-0.2, 0) is 15.5 Å². The summed E-state index contributed by atoms with van der Waals surface area (Å²) in [6.45, 7) is 2.28. The maximum Gasteiger partial charge on any atom is 0.0760 e. The molecule has 18 heavy (non-hydrogen) atoms. The van der Waals surface area contributed by atoms with Gasteiger partial charge in [0.15, 0.2) is 0 Å². The molecule has 0 aliphatic carbocycles. The fourth-order valence-corrected chi connectivity index (χ4v) is 3.53. The van der Waals surface area contributed by atoms with Crippen LogP contribution in [0.4, 0.5) is 0 Å². The summed E-state index contributed by atoms with van der Waals surface area (Å²) >= 11 is 12.0. The first-order valence-electron chi connectivity index (χ1n) is 5.69. The molecule has 0 radical (unpaired) electrons. The highest BCUT2D eigenvalue weighted by atomic mass is 35.5. The summed E-state index contributed by atoms with van der Waals surface area (Å²) in [5, 5.41) is 4.13. The maximum absolute atomic E-state index is 12.1. The molecule has 1 rings (SSSR count). The highest BCUT2D eigenvalue weighted by Crippen LogP contribution is 2.27. The van der Waals surface area contributed by atoms with Gasteiger partial charge >= 0.3 is 0 Å². The lowest BCUT2D eigenvalue weighted by Crippen LogP contribution is -2.21. The number of methoxy groups -OCH3 is 1. The lowest BCUT2D eigenvalue weighted by molar-refractivity contribution is 0.199. The number of benzene rings is 1. The Kier molecular flexibility index (Phi) is 7.86. The Labute approximate surface area is 120 Å². The Morgan fingerprint density at radius 2 is 1.94 bits per heavy atom. The molecule has 0 fully saturated rings. The first kappa shape index (κ1) is 15.9. The highest BCUT2D eigenvalue weighted by molar-refractivity contribution is 7.85. The molecule has 0 bridgehead atoms. The number of ether oxygens (including phenoxy) is 1. The zero-order valence-corrected chi connectivity index (χ0v) is 12.6. The molecule has 0 aromatic heterocycles. The van der Waals surface area contributed by atoms with Crippen LogP contribution in [0.5, 0.6) is 0 Å². The van der Waals surface area contributed by atoms with Gasteiger partial charge in [-0.15, -0.1) is 0 Å². The molecule has 3 nitrogen and oxygen atoms in total. The second-order valence-electron chi connectivity index (χ2n) is 3.70. The Balaban J connectivity index is 2.37. The molecule has 0 saturated heterocycles. The van der Waals surface area contributed by atoms with Gasteiger partial charge in [-0.25, -0.2) is 0 Å². The normalized spacial score (nSPS) is 12.6. The molecule has 102 valence electrons. The van der Waals surface area contributed by atoms with Crippen molar-refractivity contribution in [3.8, 4) is 0 Å². The predicted octanol–water partition coefficient (Wildman–Crippen LogP) is 2.73. The standard InChI is InChI=1S/C12H17Cl2NO2S/c1-17-8-7-15-6-3-9-18(16)12-10(13)4-2-5-11(12)14/h2,4-5,15H,3,6-9H2,1H3. The van der Waals surface area contributed by atoms with E-state index in [0.29, 0.717) is 27.3 Å². The third-order valence-corrected chi connectivity index (χ3v) is 4.72. The van der Waals surface area contributed by atoms with Crippen molar-refractivity contribution in [2.45, 2.75) is 11.3 Å². The Bertz CT molecular complexity index is 381. The van der Waals surface area contributed by atoms with Crippen LogP contribution in [0, 0.1) is 0 Å². The zero-order valence-electron chi connectivity index (χ0n) is 10.2. The summed E-state index contributed by atoms with van der Waals surface area (Å²) in [4.78, 5) is 0.540. The van der Waals surface area contributed by atoms with Crippen molar-refractivity contribution in [3.63, 3.8) is 0 Å². The van der Waals surface area contributed by atoms with E-state index in [1.54, 1.807) is 25.3 Å². The summed E-state index contributed by atoms with van der Waals surface area (Å²) in [5.41, 5.74) is 0. The van der Waals surface area contributed by atoms with Gasteiger partial charge in [0, 0.05) is 19.4 Å². The summed E-state index contributed by atoms with van der Waals surface area (Å²) < 4.78 is 17.0. The molecule has 0 aliphatic rings. The van der Waals surface area contributed by atoms with Gasteiger partial charge in [-0.05, 0) is 25.1 Å². The second-order valence-corrected chi connectivity index (χ2v) is 6.02. The van der Waals surface area contributed by atoms with E-state index in [2.05, 4.69) is 5.32 Å². The molecular formula is C12H17Cl2NO2S. The van der Waals surface area contributed by atoms with Crippen LogP contribution in [-0.4, -0.2) is 36.8 Å². The average molecular weight is 310 g/mol. The van der Waals surface area contributed by atoms with E-state index in [0.717, 1.165) is 19.5 Å². The van der Waals surface area contributed by atoms with Gasteiger partial charge in [-0.1, -0.05) is 29.3 Å². The molecule has 1 aromatic rings. The van der Waals surface area contributed by atoms with Crippen molar-refractivity contribution in [2.24, 2.45) is 0 Å². The Morgan fingerprint density at radius 3 is 2.56 bits per heavy atom. The topological polar surface area (TPSA) is 38.3 Å².